The fourth-order valence-electron chi connectivity index (χ4n) is 3.82. The van der Waals surface area contributed by atoms with E-state index in [0.717, 1.165) is 10.5 Å². The Morgan fingerprint density at radius 1 is 1.15 bits per heavy atom. The molecule has 1 aliphatic heterocycles. The minimum absolute atomic E-state index is 0.0797. The van der Waals surface area contributed by atoms with Crippen LogP contribution in [0.4, 0.5) is 17.6 Å². The second kappa shape index (κ2) is 7.77. The van der Waals surface area contributed by atoms with E-state index in [1.165, 1.54) is 35.8 Å². The number of amides is 1. The Bertz CT molecular complexity index is 1410. The van der Waals surface area contributed by atoms with Crippen molar-refractivity contribution in [3.63, 3.8) is 0 Å². The van der Waals surface area contributed by atoms with Crippen LogP contribution in [0.2, 0.25) is 5.15 Å². The molecule has 33 heavy (non-hydrogen) atoms. The van der Waals surface area contributed by atoms with Crippen molar-refractivity contribution in [2.45, 2.75) is 6.18 Å². The summed E-state index contributed by atoms with van der Waals surface area (Å²) in [6.45, 7) is 0.232. The molecule has 5 rings (SSSR count). The fourth-order valence-corrected chi connectivity index (χ4v) is 4.08. The van der Waals surface area contributed by atoms with Gasteiger partial charge in [-0.05, 0) is 23.8 Å². The van der Waals surface area contributed by atoms with Crippen LogP contribution in [0.25, 0.3) is 22.3 Å². The van der Waals surface area contributed by atoms with Gasteiger partial charge in [-0.1, -0.05) is 35.9 Å². The number of hydrogen-bond acceptors (Lipinski definition) is 3. The maximum absolute atomic E-state index is 14.1. The highest BCUT2D eigenvalue weighted by Crippen LogP contribution is 2.37. The van der Waals surface area contributed by atoms with Crippen LogP contribution in [0.5, 0.6) is 0 Å². The normalized spacial score (nSPS) is 14.2. The molecule has 4 aromatic rings. The van der Waals surface area contributed by atoms with Crippen LogP contribution >= 0.6 is 11.6 Å². The van der Waals surface area contributed by atoms with Crippen molar-refractivity contribution in [3.8, 4) is 11.1 Å². The number of carbonyl (C=O) groups excluding carboxylic acids is 1. The molecule has 0 atom stereocenters. The SMILES string of the molecule is O=C(c1nc2c(C(F)(F)F)cc(-c3ccoc3)cn2c1Cl)N1CC=C(c2ccccc2F)C1. The molecule has 0 saturated heterocycles. The van der Waals surface area contributed by atoms with Crippen LogP contribution < -0.4 is 0 Å². The van der Waals surface area contributed by atoms with Gasteiger partial charge in [0, 0.05) is 36.0 Å². The van der Waals surface area contributed by atoms with Crippen LogP contribution in [0.1, 0.15) is 21.6 Å². The second-order valence-electron chi connectivity index (χ2n) is 7.49. The van der Waals surface area contributed by atoms with Crippen molar-refractivity contribution in [2.75, 3.05) is 13.1 Å². The van der Waals surface area contributed by atoms with Gasteiger partial charge in [-0.2, -0.15) is 13.2 Å². The quantitative estimate of drug-likeness (QED) is 0.344. The summed E-state index contributed by atoms with van der Waals surface area (Å²) in [5.74, 6) is -1.07. The van der Waals surface area contributed by atoms with Gasteiger partial charge < -0.3 is 9.32 Å². The van der Waals surface area contributed by atoms with Crippen LogP contribution in [0, 0.1) is 5.82 Å². The molecule has 1 aliphatic rings. The molecular formula is C23H14ClF4N3O2. The lowest BCUT2D eigenvalue weighted by molar-refractivity contribution is -0.136. The van der Waals surface area contributed by atoms with Crippen molar-refractivity contribution in [2.24, 2.45) is 0 Å². The van der Waals surface area contributed by atoms with Crippen LogP contribution in [0.3, 0.4) is 0 Å². The lowest BCUT2D eigenvalue weighted by Crippen LogP contribution is -2.29. The van der Waals surface area contributed by atoms with Crippen molar-refractivity contribution < 1.29 is 26.8 Å². The zero-order chi connectivity index (χ0) is 23.3. The standard InChI is InChI=1S/C23H14ClF4N3O2/c24-20-19(22(32)30-7-5-13(10-30)16-3-1-2-4-18(16)25)29-21-17(23(26,27)28)9-15(11-31(20)21)14-6-8-33-12-14/h1-6,8-9,11-12H,7,10H2. The highest BCUT2D eigenvalue weighted by molar-refractivity contribution is 6.33. The Kier molecular flexibility index (Phi) is 5.01. The molecule has 0 radical (unpaired) electrons. The number of benzene rings is 1. The van der Waals surface area contributed by atoms with E-state index in [2.05, 4.69) is 4.98 Å². The molecule has 0 unspecified atom stereocenters. The Balaban J connectivity index is 1.53. The molecule has 3 aromatic heterocycles. The summed E-state index contributed by atoms with van der Waals surface area (Å²) in [5, 5.41) is -0.245. The monoisotopic (exact) mass is 475 g/mol. The van der Waals surface area contributed by atoms with E-state index in [1.54, 1.807) is 24.3 Å². The summed E-state index contributed by atoms with van der Waals surface area (Å²) in [4.78, 5) is 18.4. The number of fused-ring (bicyclic) bond motifs is 1. The average molecular weight is 476 g/mol. The number of furan rings is 1. The van der Waals surface area contributed by atoms with E-state index < -0.39 is 29.1 Å². The Labute approximate surface area is 189 Å². The van der Waals surface area contributed by atoms with Gasteiger partial charge in [0.2, 0.25) is 0 Å². The molecule has 0 N–H and O–H groups in total. The third-order valence-electron chi connectivity index (χ3n) is 5.45. The Morgan fingerprint density at radius 3 is 2.64 bits per heavy atom. The number of carbonyl (C=O) groups is 1. The largest absolute Gasteiger partial charge is 0.472 e. The summed E-state index contributed by atoms with van der Waals surface area (Å²) in [6, 6.07) is 8.60. The topological polar surface area (TPSA) is 50.8 Å². The summed E-state index contributed by atoms with van der Waals surface area (Å²) >= 11 is 6.35. The van der Waals surface area contributed by atoms with Gasteiger partial charge in [0.25, 0.3) is 5.91 Å². The van der Waals surface area contributed by atoms with Gasteiger partial charge in [-0.25, -0.2) is 9.37 Å². The minimum Gasteiger partial charge on any atom is -0.472 e. The van der Waals surface area contributed by atoms with Gasteiger partial charge in [0.1, 0.15) is 11.0 Å². The third-order valence-corrected chi connectivity index (χ3v) is 5.81. The maximum Gasteiger partial charge on any atom is 0.420 e. The zero-order valence-corrected chi connectivity index (χ0v) is 17.5. The molecule has 0 spiro atoms. The molecule has 0 saturated carbocycles. The fraction of sp³-hybridized carbons (Fsp3) is 0.130. The number of halogens is 5. The smallest absolute Gasteiger partial charge is 0.420 e. The number of imidazole rings is 1. The number of rotatable bonds is 3. The van der Waals surface area contributed by atoms with Crippen molar-refractivity contribution in [3.05, 3.63) is 89.0 Å². The molecule has 1 amide bonds. The summed E-state index contributed by atoms with van der Waals surface area (Å²) in [5.41, 5.74) is -0.254. The second-order valence-corrected chi connectivity index (χ2v) is 7.85. The van der Waals surface area contributed by atoms with E-state index in [4.69, 9.17) is 16.0 Å². The first kappa shape index (κ1) is 21.3. The molecule has 0 bridgehead atoms. The lowest BCUT2D eigenvalue weighted by atomic mass is 10.1. The van der Waals surface area contributed by atoms with Crippen LogP contribution in [-0.4, -0.2) is 33.3 Å². The van der Waals surface area contributed by atoms with E-state index in [-0.39, 0.29) is 29.5 Å². The molecule has 1 aromatic carbocycles. The summed E-state index contributed by atoms with van der Waals surface area (Å²) in [6.07, 6.45) is 0.971. The molecular weight excluding hydrogens is 462 g/mol. The highest BCUT2D eigenvalue weighted by atomic mass is 35.5. The average Bonchev–Trinajstić information content (AvgIpc) is 3.53. The summed E-state index contributed by atoms with van der Waals surface area (Å²) in [7, 11) is 0. The van der Waals surface area contributed by atoms with E-state index in [9.17, 15) is 22.4 Å². The first-order chi connectivity index (χ1) is 15.7. The van der Waals surface area contributed by atoms with Crippen molar-refractivity contribution in [1.29, 1.82) is 0 Å². The van der Waals surface area contributed by atoms with Gasteiger partial charge in [0.05, 0.1) is 18.1 Å². The van der Waals surface area contributed by atoms with Gasteiger partial charge >= 0.3 is 6.18 Å². The van der Waals surface area contributed by atoms with E-state index in [0.29, 0.717) is 16.7 Å². The molecule has 0 aliphatic carbocycles. The van der Waals surface area contributed by atoms with Gasteiger partial charge in [-0.15, -0.1) is 0 Å². The maximum atomic E-state index is 14.1. The number of hydrogen-bond donors (Lipinski definition) is 0. The first-order valence-corrected chi connectivity index (χ1v) is 10.2. The summed E-state index contributed by atoms with van der Waals surface area (Å²) < 4.78 is 61.5. The number of alkyl halides is 3. The predicted molar refractivity (Wildman–Crippen MR) is 113 cm³/mol. The minimum atomic E-state index is -4.73. The molecule has 168 valence electrons. The number of pyridine rings is 1. The zero-order valence-electron chi connectivity index (χ0n) is 16.7. The number of nitrogens with zero attached hydrogens (tertiary/aromatic N) is 3. The van der Waals surface area contributed by atoms with Crippen LogP contribution in [0.15, 0.2) is 65.6 Å². The Hall–Kier alpha value is -3.59. The van der Waals surface area contributed by atoms with E-state index >= 15 is 0 Å². The predicted octanol–water partition coefficient (Wildman–Crippen LogP) is 5.95. The Morgan fingerprint density at radius 2 is 1.94 bits per heavy atom. The van der Waals surface area contributed by atoms with Crippen molar-refractivity contribution in [1.82, 2.24) is 14.3 Å². The molecule has 0 fully saturated rings. The first-order valence-electron chi connectivity index (χ1n) is 9.78. The number of aromatic nitrogens is 2. The van der Waals surface area contributed by atoms with Crippen molar-refractivity contribution >= 4 is 28.7 Å². The van der Waals surface area contributed by atoms with Crippen LogP contribution in [-0.2, 0) is 6.18 Å². The molecule has 4 heterocycles. The molecule has 5 nitrogen and oxygen atoms in total. The highest BCUT2D eigenvalue weighted by Gasteiger charge is 2.37. The molecule has 10 heteroatoms. The van der Waals surface area contributed by atoms with Gasteiger partial charge in [0.15, 0.2) is 11.3 Å². The third kappa shape index (κ3) is 3.68. The lowest BCUT2D eigenvalue weighted by Gasteiger charge is -2.15. The van der Waals surface area contributed by atoms with Gasteiger partial charge in [-0.3, -0.25) is 9.20 Å². The van der Waals surface area contributed by atoms with E-state index in [1.807, 2.05) is 0 Å².